The molecular formula is C22H29NO3. The molecule has 0 aromatic heterocycles. The molecule has 4 nitrogen and oxygen atoms in total. The highest BCUT2D eigenvalue weighted by atomic mass is 16.5. The zero-order valence-electron chi connectivity index (χ0n) is 16.6. The zero-order chi connectivity index (χ0) is 19.4. The van der Waals surface area contributed by atoms with E-state index in [0.717, 1.165) is 0 Å². The number of hydrogen-bond acceptors (Lipinski definition) is 3. The fourth-order valence-electron chi connectivity index (χ4n) is 2.49. The second-order valence-corrected chi connectivity index (χ2v) is 7.77. The summed E-state index contributed by atoms with van der Waals surface area (Å²) < 4.78 is 11.5. The fourth-order valence-corrected chi connectivity index (χ4v) is 2.49. The molecule has 26 heavy (non-hydrogen) atoms. The van der Waals surface area contributed by atoms with Crippen molar-refractivity contribution < 1.29 is 14.3 Å². The first-order valence-corrected chi connectivity index (χ1v) is 8.96. The summed E-state index contributed by atoms with van der Waals surface area (Å²) in [5, 5.41) is 2.90. The number of rotatable bonds is 6. The topological polar surface area (TPSA) is 47.6 Å². The number of amides is 1. The molecule has 0 unspecified atom stereocenters. The van der Waals surface area contributed by atoms with Gasteiger partial charge in [0.25, 0.3) is 5.91 Å². The lowest BCUT2D eigenvalue weighted by atomic mass is 9.87. The third kappa shape index (κ3) is 5.01. The van der Waals surface area contributed by atoms with E-state index in [1.807, 2.05) is 55.5 Å². The summed E-state index contributed by atoms with van der Waals surface area (Å²) in [5.74, 6) is 1.08. The summed E-state index contributed by atoms with van der Waals surface area (Å²) in [4.78, 5) is 12.7. The van der Waals surface area contributed by atoms with Crippen molar-refractivity contribution in [3.05, 3.63) is 54.1 Å². The first-order valence-electron chi connectivity index (χ1n) is 8.96. The summed E-state index contributed by atoms with van der Waals surface area (Å²) >= 11 is 0. The van der Waals surface area contributed by atoms with Gasteiger partial charge in [0.2, 0.25) is 0 Å². The highest BCUT2D eigenvalue weighted by Gasteiger charge is 2.30. The van der Waals surface area contributed by atoms with Gasteiger partial charge in [0.05, 0.1) is 12.3 Å². The van der Waals surface area contributed by atoms with Crippen LogP contribution < -0.4 is 14.8 Å². The first kappa shape index (κ1) is 19.8. The number of carbonyl (C=O) groups excluding carboxylic acids is 1. The number of carbonyl (C=O) groups is 1. The van der Waals surface area contributed by atoms with Gasteiger partial charge in [-0.2, -0.15) is 0 Å². The molecular weight excluding hydrogens is 326 g/mol. The number of hydrogen-bond donors (Lipinski definition) is 1. The van der Waals surface area contributed by atoms with E-state index in [9.17, 15) is 4.79 Å². The predicted octanol–water partition coefficient (Wildman–Crippen LogP) is 5.18. The Kier molecular flexibility index (Phi) is 5.96. The van der Waals surface area contributed by atoms with E-state index in [1.54, 1.807) is 13.8 Å². The van der Waals surface area contributed by atoms with Gasteiger partial charge in [-0.3, -0.25) is 4.79 Å². The molecule has 0 bridgehead atoms. The average molecular weight is 355 g/mol. The van der Waals surface area contributed by atoms with Crippen molar-refractivity contribution in [2.24, 2.45) is 0 Å². The number of nitrogens with one attached hydrogen (secondary N) is 1. The molecule has 0 aliphatic carbocycles. The van der Waals surface area contributed by atoms with Gasteiger partial charge >= 0.3 is 0 Å². The molecule has 0 aliphatic rings. The van der Waals surface area contributed by atoms with Gasteiger partial charge in [0.15, 0.2) is 5.60 Å². The van der Waals surface area contributed by atoms with Gasteiger partial charge < -0.3 is 14.8 Å². The van der Waals surface area contributed by atoms with Crippen molar-refractivity contribution in [1.29, 1.82) is 0 Å². The van der Waals surface area contributed by atoms with Gasteiger partial charge in [0.1, 0.15) is 11.5 Å². The fraction of sp³-hybridized carbons (Fsp3) is 0.409. The molecule has 0 spiro atoms. The van der Waals surface area contributed by atoms with Crippen LogP contribution in [0.2, 0.25) is 0 Å². The Hall–Kier alpha value is -2.49. The SMILES string of the molecule is CCOc1ccccc1NC(=O)C(C)(C)Oc1ccc(C(C)(C)C)cc1. The van der Waals surface area contributed by atoms with E-state index < -0.39 is 5.60 Å². The Bertz CT molecular complexity index is 743. The van der Waals surface area contributed by atoms with Gasteiger partial charge in [0, 0.05) is 0 Å². The second kappa shape index (κ2) is 7.81. The number of anilines is 1. The van der Waals surface area contributed by atoms with Gasteiger partial charge in [-0.25, -0.2) is 0 Å². The van der Waals surface area contributed by atoms with Crippen molar-refractivity contribution in [1.82, 2.24) is 0 Å². The summed E-state index contributed by atoms with van der Waals surface area (Å²) in [7, 11) is 0. The van der Waals surface area contributed by atoms with E-state index >= 15 is 0 Å². The molecule has 1 amide bonds. The average Bonchev–Trinajstić information content (AvgIpc) is 2.56. The standard InChI is InChI=1S/C22H29NO3/c1-7-25-19-11-9-8-10-18(19)23-20(24)22(5,6)26-17-14-12-16(13-15-17)21(2,3)4/h8-15H,7H2,1-6H3,(H,23,24). The molecule has 0 heterocycles. The molecule has 140 valence electrons. The van der Waals surface area contributed by atoms with E-state index in [0.29, 0.717) is 23.8 Å². The van der Waals surface area contributed by atoms with Crippen LogP contribution in [0.15, 0.2) is 48.5 Å². The highest BCUT2D eigenvalue weighted by Crippen LogP contribution is 2.28. The van der Waals surface area contributed by atoms with Crippen LogP contribution in [0.5, 0.6) is 11.5 Å². The molecule has 0 saturated heterocycles. The lowest BCUT2D eigenvalue weighted by Gasteiger charge is -2.26. The predicted molar refractivity (Wildman–Crippen MR) is 106 cm³/mol. The van der Waals surface area contributed by atoms with Crippen LogP contribution in [-0.4, -0.2) is 18.1 Å². The lowest BCUT2D eigenvalue weighted by Crippen LogP contribution is -2.42. The van der Waals surface area contributed by atoms with Crippen LogP contribution in [0.1, 0.15) is 47.1 Å². The molecule has 0 radical (unpaired) electrons. The van der Waals surface area contributed by atoms with Crippen molar-refractivity contribution in [3.63, 3.8) is 0 Å². The highest BCUT2D eigenvalue weighted by molar-refractivity contribution is 5.98. The van der Waals surface area contributed by atoms with Gasteiger partial charge in [-0.1, -0.05) is 45.0 Å². The molecule has 0 aliphatic heterocycles. The maximum atomic E-state index is 12.7. The largest absolute Gasteiger partial charge is 0.492 e. The second-order valence-electron chi connectivity index (χ2n) is 7.77. The summed E-state index contributed by atoms with van der Waals surface area (Å²) in [5.41, 5.74) is 0.911. The Morgan fingerprint density at radius 2 is 1.58 bits per heavy atom. The Morgan fingerprint density at radius 3 is 2.15 bits per heavy atom. The summed E-state index contributed by atoms with van der Waals surface area (Å²) in [6, 6.07) is 15.3. The first-order chi connectivity index (χ1) is 12.1. The van der Waals surface area contributed by atoms with Crippen LogP contribution in [0.4, 0.5) is 5.69 Å². The third-order valence-corrected chi connectivity index (χ3v) is 4.08. The molecule has 1 N–H and O–H groups in total. The molecule has 0 atom stereocenters. The van der Waals surface area contributed by atoms with Crippen LogP contribution >= 0.6 is 0 Å². The van der Waals surface area contributed by atoms with Crippen LogP contribution in [0.3, 0.4) is 0 Å². The summed E-state index contributed by atoms with van der Waals surface area (Å²) in [6.07, 6.45) is 0. The maximum Gasteiger partial charge on any atom is 0.268 e. The molecule has 0 saturated carbocycles. The molecule has 0 fully saturated rings. The minimum absolute atomic E-state index is 0.0778. The van der Waals surface area contributed by atoms with E-state index in [4.69, 9.17) is 9.47 Å². The van der Waals surface area contributed by atoms with E-state index in [-0.39, 0.29) is 11.3 Å². The Labute approximate surface area is 156 Å². The van der Waals surface area contributed by atoms with Gasteiger partial charge in [-0.15, -0.1) is 0 Å². The normalized spacial score (nSPS) is 11.8. The molecule has 2 aromatic rings. The van der Waals surface area contributed by atoms with Crippen LogP contribution in [0.25, 0.3) is 0 Å². The van der Waals surface area contributed by atoms with Gasteiger partial charge in [-0.05, 0) is 56.0 Å². The summed E-state index contributed by atoms with van der Waals surface area (Å²) in [6.45, 7) is 12.4. The zero-order valence-corrected chi connectivity index (χ0v) is 16.6. The minimum atomic E-state index is -1.03. The van der Waals surface area contributed by atoms with E-state index in [2.05, 4.69) is 26.1 Å². The quantitative estimate of drug-likeness (QED) is 0.777. The van der Waals surface area contributed by atoms with Crippen molar-refractivity contribution in [2.75, 3.05) is 11.9 Å². The third-order valence-electron chi connectivity index (χ3n) is 4.08. The van der Waals surface area contributed by atoms with E-state index in [1.165, 1.54) is 5.56 Å². The van der Waals surface area contributed by atoms with Crippen molar-refractivity contribution in [2.45, 2.75) is 52.6 Å². The number of benzene rings is 2. The lowest BCUT2D eigenvalue weighted by molar-refractivity contribution is -0.128. The number of ether oxygens (including phenoxy) is 2. The molecule has 4 heteroatoms. The van der Waals surface area contributed by atoms with Crippen molar-refractivity contribution in [3.8, 4) is 11.5 Å². The molecule has 2 rings (SSSR count). The Morgan fingerprint density at radius 1 is 0.962 bits per heavy atom. The monoisotopic (exact) mass is 355 g/mol. The minimum Gasteiger partial charge on any atom is -0.492 e. The smallest absolute Gasteiger partial charge is 0.268 e. The van der Waals surface area contributed by atoms with Crippen LogP contribution in [0, 0.1) is 0 Å². The maximum absolute atomic E-state index is 12.7. The van der Waals surface area contributed by atoms with Crippen LogP contribution in [-0.2, 0) is 10.2 Å². The number of para-hydroxylation sites is 2. The Balaban J connectivity index is 2.11. The van der Waals surface area contributed by atoms with Crippen molar-refractivity contribution >= 4 is 11.6 Å². The molecule has 2 aromatic carbocycles.